The van der Waals surface area contributed by atoms with Gasteiger partial charge in [0.25, 0.3) is 0 Å². The molecular formula is C19H22N4. The predicted molar refractivity (Wildman–Crippen MR) is 90.5 cm³/mol. The summed E-state index contributed by atoms with van der Waals surface area (Å²) in [6.07, 6.45) is 4.18. The first kappa shape index (κ1) is 15.7. The van der Waals surface area contributed by atoms with Crippen LogP contribution in [-0.2, 0) is 13.1 Å². The Bertz CT molecular complexity index is 655. The summed E-state index contributed by atoms with van der Waals surface area (Å²) in [6, 6.07) is 16.7. The zero-order valence-corrected chi connectivity index (χ0v) is 13.3. The number of nitriles is 1. The molecule has 3 rings (SSSR count). The maximum atomic E-state index is 8.95. The number of piperidine rings is 1. The highest BCUT2D eigenvalue weighted by Crippen LogP contribution is 2.14. The number of nitrogens with one attached hydrogen (secondary N) is 1. The summed E-state index contributed by atoms with van der Waals surface area (Å²) >= 11 is 0. The van der Waals surface area contributed by atoms with E-state index in [0.717, 1.165) is 50.3 Å². The molecule has 118 valence electrons. The fourth-order valence-corrected chi connectivity index (χ4v) is 3.03. The van der Waals surface area contributed by atoms with Crippen molar-refractivity contribution in [1.82, 2.24) is 15.2 Å². The van der Waals surface area contributed by atoms with Gasteiger partial charge in [-0.1, -0.05) is 18.2 Å². The number of hydrogen-bond donors (Lipinski definition) is 1. The van der Waals surface area contributed by atoms with Crippen molar-refractivity contribution in [1.29, 1.82) is 5.26 Å². The number of likely N-dealkylation sites (tertiary alicyclic amines) is 1. The molecule has 23 heavy (non-hydrogen) atoms. The molecule has 1 aromatic heterocycles. The summed E-state index contributed by atoms with van der Waals surface area (Å²) in [7, 11) is 0. The summed E-state index contributed by atoms with van der Waals surface area (Å²) in [6.45, 7) is 3.98. The minimum Gasteiger partial charge on any atom is -0.310 e. The second-order valence-electron chi connectivity index (χ2n) is 6.06. The Balaban J connectivity index is 1.43. The molecule has 2 aromatic rings. The maximum absolute atomic E-state index is 8.95. The normalized spacial score (nSPS) is 16.1. The van der Waals surface area contributed by atoms with Crippen LogP contribution in [0.2, 0.25) is 0 Å². The van der Waals surface area contributed by atoms with Gasteiger partial charge in [0, 0.05) is 38.4 Å². The average molecular weight is 306 g/mol. The summed E-state index contributed by atoms with van der Waals surface area (Å²) in [5, 5.41) is 12.6. The number of aromatic nitrogens is 1. The first-order chi connectivity index (χ1) is 11.3. The first-order valence-electron chi connectivity index (χ1n) is 8.18. The number of nitrogens with zero attached hydrogens (tertiary/aromatic N) is 3. The molecule has 0 radical (unpaired) electrons. The van der Waals surface area contributed by atoms with Crippen molar-refractivity contribution in [3.8, 4) is 6.07 Å². The van der Waals surface area contributed by atoms with Crippen molar-refractivity contribution in [3.63, 3.8) is 0 Å². The molecule has 1 aliphatic rings. The molecule has 1 aliphatic heterocycles. The van der Waals surface area contributed by atoms with Crippen molar-refractivity contribution in [2.75, 3.05) is 13.1 Å². The third-order valence-electron chi connectivity index (χ3n) is 4.35. The van der Waals surface area contributed by atoms with Crippen molar-refractivity contribution in [3.05, 3.63) is 65.5 Å². The van der Waals surface area contributed by atoms with E-state index >= 15 is 0 Å². The second-order valence-corrected chi connectivity index (χ2v) is 6.06. The lowest BCUT2D eigenvalue weighted by Gasteiger charge is -2.32. The predicted octanol–water partition coefficient (Wildman–Crippen LogP) is 2.71. The molecule has 1 N–H and O–H groups in total. The Morgan fingerprint density at radius 2 is 2.04 bits per heavy atom. The van der Waals surface area contributed by atoms with Gasteiger partial charge in [-0.15, -0.1) is 0 Å². The number of hydrogen-bond acceptors (Lipinski definition) is 4. The highest BCUT2D eigenvalue weighted by atomic mass is 15.1. The van der Waals surface area contributed by atoms with Gasteiger partial charge >= 0.3 is 0 Å². The molecular weight excluding hydrogens is 284 g/mol. The average Bonchev–Trinajstić information content (AvgIpc) is 2.62. The molecule has 0 unspecified atom stereocenters. The molecule has 0 aliphatic carbocycles. The van der Waals surface area contributed by atoms with E-state index in [1.807, 2.05) is 36.5 Å². The van der Waals surface area contributed by atoms with E-state index in [1.165, 1.54) is 5.56 Å². The minimum atomic E-state index is 0.556. The number of pyridine rings is 1. The first-order valence-corrected chi connectivity index (χ1v) is 8.18. The molecule has 0 bridgehead atoms. The van der Waals surface area contributed by atoms with Gasteiger partial charge in [0.15, 0.2) is 0 Å². The smallest absolute Gasteiger partial charge is 0.0991 e. The molecule has 0 amide bonds. The molecule has 4 nitrogen and oxygen atoms in total. The molecule has 0 saturated carbocycles. The van der Waals surface area contributed by atoms with Crippen LogP contribution >= 0.6 is 0 Å². The van der Waals surface area contributed by atoms with E-state index in [0.29, 0.717) is 6.04 Å². The summed E-state index contributed by atoms with van der Waals surface area (Å²) in [4.78, 5) is 6.87. The van der Waals surface area contributed by atoms with Crippen LogP contribution in [0.4, 0.5) is 0 Å². The monoisotopic (exact) mass is 306 g/mol. The van der Waals surface area contributed by atoms with Crippen LogP contribution < -0.4 is 5.32 Å². The zero-order chi connectivity index (χ0) is 15.9. The van der Waals surface area contributed by atoms with Crippen LogP contribution in [0.5, 0.6) is 0 Å². The lowest BCUT2D eigenvalue weighted by Crippen LogP contribution is -2.41. The SMILES string of the molecule is N#Cc1cccc(CNC2CCN(Cc3ccccn3)CC2)c1. The molecule has 1 fully saturated rings. The molecule has 0 atom stereocenters. The zero-order valence-electron chi connectivity index (χ0n) is 13.3. The minimum absolute atomic E-state index is 0.556. The van der Waals surface area contributed by atoms with E-state index < -0.39 is 0 Å². The standard InChI is InChI=1S/C19H22N4/c20-13-16-4-3-5-17(12-16)14-22-18-7-10-23(11-8-18)15-19-6-1-2-9-21-19/h1-6,9,12,18,22H,7-8,10-11,14-15H2. The summed E-state index contributed by atoms with van der Waals surface area (Å²) in [5.74, 6) is 0. The fraction of sp³-hybridized carbons (Fsp3) is 0.368. The number of benzene rings is 1. The van der Waals surface area contributed by atoms with Gasteiger partial charge in [-0.2, -0.15) is 5.26 Å². The molecule has 2 heterocycles. The Labute approximate surface area is 137 Å². The van der Waals surface area contributed by atoms with E-state index in [9.17, 15) is 0 Å². The fourth-order valence-electron chi connectivity index (χ4n) is 3.03. The topological polar surface area (TPSA) is 52.0 Å². The van der Waals surface area contributed by atoms with E-state index in [-0.39, 0.29) is 0 Å². The largest absolute Gasteiger partial charge is 0.310 e. The van der Waals surface area contributed by atoms with Crippen LogP contribution in [0, 0.1) is 11.3 Å². The Morgan fingerprint density at radius 1 is 1.17 bits per heavy atom. The van der Waals surface area contributed by atoms with Gasteiger partial charge in [0.2, 0.25) is 0 Å². The lowest BCUT2D eigenvalue weighted by molar-refractivity contribution is 0.188. The molecule has 0 spiro atoms. The van der Waals surface area contributed by atoms with Gasteiger partial charge in [-0.05, 0) is 42.7 Å². The Kier molecular flexibility index (Phi) is 5.36. The maximum Gasteiger partial charge on any atom is 0.0991 e. The van der Waals surface area contributed by atoms with Crippen LogP contribution in [0.25, 0.3) is 0 Å². The molecule has 1 aromatic carbocycles. The molecule has 4 heteroatoms. The second kappa shape index (κ2) is 7.87. The third-order valence-corrected chi connectivity index (χ3v) is 4.35. The van der Waals surface area contributed by atoms with Crippen molar-refractivity contribution in [2.45, 2.75) is 32.0 Å². The van der Waals surface area contributed by atoms with Crippen LogP contribution in [-0.4, -0.2) is 29.0 Å². The van der Waals surface area contributed by atoms with E-state index in [4.69, 9.17) is 5.26 Å². The van der Waals surface area contributed by atoms with Crippen LogP contribution in [0.3, 0.4) is 0 Å². The van der Waals surface area contributed by atoms with Crippen LogP contribution in [0.15, 0.2) is 48.7 Å². The number of rotatable bonds is 5. The summed E-state index contributed by atoms with van der Waals surface area (Å²) in [5.41, 5.74) is 3.06. The summed E-state index contributed by atoms with van der Waals surface area (Å²) < 4.78 is 0. The van der Waals surface area contributed by atoms with Crippen LogP contribution in [0.1, 0.15) is 29.7 Å². The lowest BCUT2D eigenvalue weighted by atomic mass is 10.0. The van der Waals surface area contributed by atoms with Crippen molar-refractivity contribution >= 4 is 0 Å². The van der Waals surface area contributed by atoms with Gasteiger partial charge < -0.3 is 5.32 Å². The highest BCUT2D eigenvalue weighted by molar-refractivity contribution is 5.32. The van der Waals surface area contributed by atoms with Gasteiger partial charge in [0.1, 0.15) is 0 Å². The Morgan fingerprint density at radius 3 is 2.78 bits per heavy atom. The van der Waals surface area contributed by atoms with Gasteiger partial charge in [-0.25, -0.2) is 0 Å². The van der Waals surface area contributed by atoms with Gasteiger partial charge in [-0.3, -0.25) is 9.88 Å². The quantitative estimate of drug-likeness (QED) is 0.923. The van der Waals surface area contributed by atoms with Crippen molar-refractivity contribution in [2.24, 2.45) is 0 Å². The van der Waals surface area contributed by atoms with Crippen molar-refractivity contribution < 1.29 is 0 Å². The molecule has 1 saturated heterocycles. The third kappa shape index (κ3) is 4.62. The van der Waals surface area contributed by atoms with Gasteiger partial charge in [0.05, 0.1) is 17.3 Å². The van der Waals surface area contributed by atoms with E-state index in [2.05, 4.69) is 33.4 Å². The van der Waals surface area contributed by atoms with E-state index in [1.54, 1.807) is 0 Å². The highest BCUT2D eigenvalue weighted by Gasteiger charge is 2.18. The Hall–Kier alpha value is -2.22.